The SMILES string of the molecule is CCCN1C(=O)CC(NCCC(=O)NC2CC2)C1=O. The zero-order chi connectivity index (χ0) is 13.8. The highest BCUT2D eigenvalue weighted by atomic mass is 16.2. The third-order valence-electron chi connectivity index (χ3n) is 3.38. The Morgan fingerprint density at radius 3 is 2.74 bits per heavy atom. The molecule has 1 aliphatic carbocycles. The van der Waals surface area contributed by atoms with Crippen molar-refractivity contribution in [3.63, 3.8) is 0 Å². The highest BCUT2D eigenvalue weighted by Crippen LogP contribution is 2.18. The molecule has 1 saturated heterocycles. The summed E-state index contributed by atoms with van der Waals surface area (Å²) >= 11 is 0. The molecule has 2 N–H and O–H groups in total. The number of nitrogens with one attached hydrogen (secondary N) is 2. The highest BCUT2D eigenvalue weighted by molar-refractivity contribution is 6.05. The second-order valence-electron chi connectivity index (χ2n) is 5.19. The molecular formula is C13H21N3O3. The highest BCUT2D eigenvalue weighted by Gasteiger charge is 2.37. The van der Waals surface area contributed by atoms with Gasteiger partial charge in [-0.1, -0.05) is 6.92 Å². The van der Waals surface area contributed by atoms with E-state index in [-0.39, 0.29) is 24.1 Å². The number of rotatable bonds is 7. The minimum atomic E-state index is -0.451. The second-order valence-corrected chi connectivity index (χ2v) is 5.19. The van der Waals surface area contributed by atoms with Crippen LogP contribution in [0.5, 0.6) is 0 Å². The molecule has 6 nitrogen and oxygen atoms in total. The molecule has 1 saturated carbocycles. The zero-order valence-electron chi connectivity index (χ0n) is 11.3. The van der Waals surface area contributed by atoms with E-state index in [2.05, 4.69) is 10.6 Å². The van der Waals surface area contributed by atoms with Crippen molar-refractivity contribution in [3.05, 3.63) is 0 Å². The Labute approximate surface area is 112 Å². The van der Waals surface area contributed by atoms with Crippen molar-refractivity contribution in [2.45, 2.75) is 51.1 Å². The number of carbonyl (C=O) groups is 3. The normalized spacial score (nSPS) is 23.0. The Hall–Kier alpha value is -1.43. The molecular weight excluding hydrogens is 246 g/mol. The fourth-order valence-electron chi connectivity index (χ4n) is 2.19. The van der Waals surface area contributed by atoms with Crippen molar-refractivity contribution in [2.75, 3.05) is 13.1 Å². The van der Waals surface area contributed by atoms with E-state index in [1.54, 1.807) is 0 Å². The molecule has 0 aromatic rings. The van der Waals surface area contributed by atoms with E-state index in [0.717, 1.165) is 19.3 Å². The molecule has 0 radical (unpaired) electrons. The lowest BCUT2D eigenvalue weighted by Crippen LogP contribution is -2.40. The Bertz CT molecular complexity index is 379. The van der Waals surface area contributed by atoms with Crippen LogP contribution in [0, 0.1) is 0 Å². The lowest BCUT2D eigenvalue weighted by molar-refractivity contribution is -0.139. The maximum Gasteiger partial charge on any atom is 0.246 e. The zero-order valence-corrected chi connectivity index (χ0v) is 11.3. The van der Waals surface area contributed by atoms with Crippen molar-refractivity contribution in [3.8, 4) is 0 Å². The topological polar surface area (TPSA) is 78.5 Å². The second kappa shape index (κ2) is 6.14. The van der Waals surface area contributed by atoms with Crippen LogP contribution in [0.4, 0.5) is 0 Å². The van der Waals surface area contributed by atoms with Gasteiger partial charge in [0, 0.05) is 25.6 Å². The van der Waals surface area contributed by atoms with Gasteiger partial charge in [0.25, 0.3) is 0 Å². The van der Waals surface area contributed by atoms with E-state index in [9.17, 15) is 14.4 Å². The maximum atomic E-state index is 11.9. The Balaban J connectivity index is 1.69. The van der Waals surface area contributed by atoms with Gasteiger partial charge in [-0.25, -0.2) is 0 Å². The smallest absolute Gasteiger partial charge is 0.246 e. The number of likely N-dealkylation sites (tertiary alicyclic amines) is 1. The summed E-state index contributed by atoms with van der Waals surface area (Å²) in [7, 11) is 0. The van der Waals surface area contributed by atoms with Gasteiger partial charge in [0.15, 0.2) is 0 Å². The molecule has 2 rings (SSSR count). The molecule has 19 heavy (non-hydrogen) atoms. The lowest BCUT2D eigenvalue weighted by Gasteiger charge is -2.14. The summed E-state index contributed by atoms with van der Waals surface area (Å²) in [6.07, 6.45) is 3.47. The summed E-state index contributed by atoms with van der Waals surface area (Å²) in [4.78, 5) is 36.3. The number of imide groups is 1. The van der Waals surface area contributed by atoms with Gasteiger partial charge < -0.3 is 10.6 Å². The summed E-state index contributed by atoms with van der Waals surface area (Å²) in [5.41, 5.74) is 0. The molecule has 6 heteroatoms. The Kier molecular flexibility index (Phi) is 4.52. The quantitative estimate of drug-likeness (QED) is 0.625. The molecule has 0 aromatic heterocycles. The predicted molar refractivity (Wildman–Crippen MR) is 69.2 cm³/mol. The number of amides is 3. The van der Waals surface area contributed by atoms with Crippen molar-refractivity contribution < 1.29 is 14.4 Å². The molecule has 1 atom stereocenters. The molecule has 2 fully saturated rings. The van der Waals surface area contributed by atoms with Crippen molar-refractivity contribution in [2.24, 2.45) is 0 Å². The average Bonchev–Trinajstić information content (AvgIpc) is 3.13. The Morgan fingerprint density at radius 1 is 1.37 bits per heavy atom. The summed E-state index contributed by atoms with van der Waals surface area (Å²) in [6, 6.07) is -0.0880. The van der Waals surface area contributed by atoms with Crippen molar-refractivity contribution in [1.82, 2.24) is 15.5 Å². The van der Waals surface area contributed by atoms with E-state index in [1.807, 2.05) is 6.92 Å². The molecule has 2 aliphatic rings. The first kappa shape index (κ1) is 14.0. The predicted octanol–water partition coefficient (Wildman–Crippen LogP) is -0.218. The van der Waals surface area contributed by atoms with Gasteiger partial charge in [-0.2, -0.15) is 0 Å². The third-order valence-corrected chi connectivity index (χ3v) is 3.38. The molecule has 1 unspecified atom stereocenters. The first-order valence-electron chi connectivity index (χ1n) is 6.98. The molecule has 106 valence electrons. The average molecular weight is 267 g/mol. The summed E-state index contributed by atoms with van der Waals surface area (Å²) < 4.78 is 0. The summed E-state index contributed by atoms with van der Waals surface area (Å²) in [5, 5.41) is 5.89. The van der Waals surface area contributed by atoms with E-state index in [0.29, 0.717) is 25.6 Å². The molecule has 0 bridgehead atoms. The van der Waals surface area contributed by atoms with Crippen LogP contribution in [-0.2, 0) is 14.4 Å². The van der Waals surface area contributed by atoms with Crippen LogP contribution in [0.1, 0.15) is 39.0 Å². The standard InChI is InChI=1S/C13H21N3O3/c1-2-7-16-12(18)8-10(13(16)19)14-6-5-11(17)15-9-3-4-9/h9-10,14H,2-8H2,1H3,(H,15,17). The molecule has 1 heterocycles. The van der Waals surface area contributed by atoms with E-state index in [4.69, 9.17) is 0 Å². The summed E-state index contributed by atoms with van der Waals surface area (Å²) in [5.74, 6) is -0.265. The minimum Gasteiger partial charge on any atom is -0.353 e. The molecule has 3 amide bonds. The summed E-state index contributed by atoms with van der Waals surface area (Å²) in [6.45, 7) is 2.85. The number of hydrogen-bond donors (Lipinski definition) is 2. The largest absolute Gasteiger partial charge is 0.353 e. The van der Waals surface area contributed by atoms with Gasteiger partial charge in [-0.15, -0.1) is 0 Å². The van der Waals surface area contributed by atoms with Crippen molar-refractivity contribution >= 4 is 17.7 Å². The first-order valence-corrected chi connectivity index (χ1v) is 6.98. The Morgan fingerprint density at radius 2 is 2.11 bits per heavy atom. The number of hydrogen-bond acceptors (Lipinski definition) is 4. The fourth-order valence-corrected chi connectivity index (χ4v) is 2.19. The fraction of sp³-hybridized carbons (Fsp3) is 0.769. The van der Waals surface area contributed by atoms with Crippen LogP contribution < -0.4 is 10.6 Å². The van der Waals surface area contributed by atoms with Crippen LogP contribution in [-0.4, -0.2) is 47.8 Å². The van der Waals surface area contributed by atoms with Gasteiger partial charge in [0.1, 0.15) is 0 Å². The van der Waals surface area contributed by atoms with Crippen LogP contribution in [0.25, 0.3) is 0 Å². The van der Waals surface area contributed by atoms with Crippen molar-refractivity contribution in [1.29, 1.82) is 0 Å². The molecule has 0 spiro atoms. The third kappa shape index (κ3) is 3.76. The maximum absolute atomic E-state index is 11.9. The van der Waals surface area contributed by atoms with Gasteiger partial charge in [-0.05, 0) is 19.3 Å². The van der Waals surface area contributed by atoms with Gasteiger partial charge >= 0.3 is 0 Å². The van der Waals surface area contributed by atoms with E-state index >= 15 is 0 Å². The van der Waals surface area contributed by atoms with Crippen LogP contribution in [0.15, 0.2) is 0 Å². The first-order chi connectivity index (χ1) is 9.11. The van der Waals surface area contributed by atoms with Gasteiger partial charge in [0.05, 0.1) is 12.5 Å². The molecule has 0 aromatic carbocycles. The lowest BCUT2D eigenvalue weighted by atomic mass is 10.2. The monoisotopic (exact) mass is 267 g/mol. The van der Waals surface area contributed by atoms with Gasteiger partial charge in [0.2, 0.25) is 17.7 Å². The van der Waals surface area contributed by atoms with Crippen LogP contribution in [0.3, 0.4) is 0 Å². The van der Waals surface area contributed by atoms with Gasteiger partial charge in [-0.3, -0.25) is 19.3 Å². The minimum absolute atomic E-state index is 0.0113. The van der Waals surface area contributed by atoms with Crippen LogP contribution >= 0.6 is 0 Å². The molecule has 1 aliphatic heterocycles. The number of carbonyl (C=O) groups excluding carboxylic acids is 3. The van der Waals surface area contributed by atoms with E-state index < -0.39 is 6.04 Å². The number of nitrogens with zero attached hydrogens (tertiary/aromatic N) is 1. The van der Waals surface area contributed by atoms with E-state index in [1.165, 1.54) is 4.90 Å². The van der Waals surface area contributed by atoms with Crippen LogP contribution in [0.2, 0.25) is 0 Å².